The fraction of sp³-hybridized carbons (Fsp3) is 0.263. The van der Waals surface area contributed by atoms with E-state index in [4.69, 9.17) is 10.3 Å². The average molecular weight is 366 g/mol. The van der Waals surface area contributed by atoms with Crippen LogP contribution in [0, 0.1) is 5.53 Å². The van der Waals surface area contributed by atoms with Gasteiger partial charge in [-0.05, 0) is 35.7 Å². The molecule has 2 aromatic rings. The van der Waals surface area contributed by atoms with Gasteiger partial charge in [0.15, 0.2) is 0 Å². The molecule has 4 N–H and O–H groups in total. The number of hydrogen-bond donors (Lipinski definition) is 3. The average Bonchev–Trinajstić information content (AvgIpc) is 3.19. The van der Waals surface area contributed by atoms with Crippen molar-refractivity contribution in [1.82, 2.24) is 4.98 Å². The van der Waals surface area contributed by atoms with E-state index in [1.165, 1.54) is 6.20 Å². The molecule has 0 spiro atoms. The van der Waals surface area contributed by atoms with Gasteiger partial charge in [0.05, 0.1) is 18.3 Å². The number of aliphatic hydroxyl groups is 1. The Morgan fingerprint density at radius 1 is 1.44 bits per heavy atom. The summed E-state index contributed by atoms with van der Waals surface area (Å²) in [6, 6.07) is 9.73. The number of carbonyl (C=O) groups is 1. The number of hydrogen-bond acceptors (Lipinski definition) is 6. The normalized spacial score (nSPS) is 21.0. The predicted octanol–water partition coefficient (Wildman–Crippen LogP) is 2.08. The molecule has 0 unspecified atom stereocenters. The Balaban J connectivity index is 1.57. The molecule has 2 atom stereocenters. The van der Waals surface area contributed by atoms with Crippen LogP contribution in [0.1, 0.15) is 12.5 Å². The maximum absolute atomic E-state index is 12.1. The zero-order valence-electron chi connectivity index (χ0n) is 14.8. The highest BCUT2D eigenvalue weighted by Gasteiger charge is 2.47. The number of nitrogens with one attached hydrogen (secondary N) is 1. The molecule has 0 aliphatic carbocycles. The summed E-state index contributed by atoms with van der Waals surface area (Å²) in [6.45, 7) is 1.70. The van der Waals surface area contributed by atoms with E-state index in [9.17, 15) is 9.90 Å². The van der Waals surface area contributed by atoms with Crippen molar-refractivity contribution in [2.24, 2.45) is 5.11 Å². The molecule has 4 rings (SSSR count). The lowest BCUT2D eigenvalue weighted by Gasteiger charge is -2.14. The zero-order chi connectivity index (χ0) is 19.0. The lowest BCUT2D eigenvalue weighted by atomic mass is 10.0. The molecular formula is C19H20N5O3+. The van der Waals surface area contributed by atoms with Gasteiger partial charge in [-0.1, -0.05) is 6.07 Å². The molecule has 2 aliphatic rings. The summed E-state index contributed by atoms with van der Waals surface area (Å²) in [5.41, 5.74) is 11.6. The van der Waals surface area contributed by atoms with Crippen molar-refractivity contribution in [3.8, 4) is 11.1 Å². The van der Waals surface area contributed by atoms with E-state index in [0.717, 1.165) is 33.9 Å². The number of aliphatic hydroxyl groups excluding tert-OH is 1. The number of fused-ring (bicyclic) bond motifs is 3. The molecule has 8 heteroatoms. The Hall–Kier alpha value is -3.10. The third-order valence-corrected chi connectivity index (χ3v) is 4.92. The fourth-order valence-electron chi connectivity index (χ4n) is 3.65. The third-order valence-electron chi connectivity index (χ3n) is 4.92. The van der Waals surface area contributed by atoms with Crippen molar-refractivity contribution in [1.29, 1.82) is 5.53 Å². The molecular weight excluding hydrogens is 346 g/mol. The number of anilines is 1. The van der Waals surface area contributed by atoms with E-state index in [-0.39, 0.29) is 12.6 Å². The summed E-state index contributed by atoms with van der Waals surface area (Å²) in [6.07, 6.45) is 3.07. The van der Waals surface area contributed by atoms with Crippen LogP contribution in [0.2, 0.25) is 0 Å². The molecule has 1 amide bonds. The second-order valence-corrected chi connectivity index (χ2v) is 6.71. The quantitative estimate of drug-likeness (QED) is 0.703. The van der Waals surface area contributed by atoms with Crippen molar-refractivity contribution in [2.45, 2.75) is 25.5 Å². The van der Waals surface area contributed by atoms with Crippen molar-refractivity contribution >= 4 is 17.6 Å². The number of quaternary nitrogens is 1. The highest BCUT2D eigenvalue weighted by atomic mass is 16.6. The van der Waals surface area contributed by atoms with Gasteiger partial charge in [0.2, 0.25) is 5.82 Å². The van der Waals surface area contributed by atoms with Gasteiger partial charge in [-0.3, -0.25) is 10.2 Å². The van der Waals surface area contributed by atoms with Crippen LogP contribution in [0.4, 0.5) is 16.3 Å². The number of ether oxygens (including phenoxy) is 1. The van der Waals surface area contributed by atoms with E-state index in [2.05, 4.69) is 16.2 Å². The largest absolute Gasteiger partial charge is 0.441 e. The topological polar surface area (TPSA) is 115 Å². The maximum Gasteiger partial charge on any atom is 0.415 e. The first-order valence-electron chi connectivity index (χ1n) is 8.69. The number of benzene rings is 1. The van der Waals surface area contributed by atoms with Crippen molar-refractivity contribution < 1.29 is 20.0 Å². The van der Waals surface area contributed by atoms with Gasteiger partial charge < -0.3 is 9.84 Å². The van der Waals surface area contributed by atoms with Gasteiger partial charge in [-0.25, -0.2) is 15.3 Å². The Bertz CT molecular complexity index is 925. The summed E-state index contributed by atoms with van der Waals surface area (Å²) >= 11 is 0. The number of cyclic esters (lactones) is 1. The lowest BCUT2D eigenvalue weighted by molar-refractivity contribution is -0.521. The Kier molecular flexibility index (Phi) is 4.43. The van der Waals surface area contributed by atoms with Crippen LogP contribution < -0.4 is 10.2 Å². The molecule has 1 aromatic heterocycles. The Morgan fingerprint density at radius 3 is 2.96 bits per heavy atom. The monoisotopic (exact) mass is 366 g/mol. The van der Waals surface area contributed by atoms with Crippen LogP contribution in [-0.4, -0.2) is 34.9 Å². The van der Waals surface area contributed by atoms with Crippen LogP contribution >= 0.6 is 0 Å². The molecule has 1 fully saturated rings. The second-order valence-electron chi connectivity index (χ2n) is 6.71. The van der Waals surface area contributed by atoms with Crippen molar-refractivity contribution in [3.63, 3.8) is 0 Å². The lowest BCUT2D eigenvalue weighted by Crippen LogP contribution is -2.75. The number of pyridine rings is 1. The SMILES string of the molecule is C/C(=C/N=N)[NH2+]c1ccc(-c2ccc3c(c2)C[C@H]2[C@H](CO)OC(=O)N32)cn1. The number of rotatable bonds is 5. The van der Waals surface area contributed by atoms with Crippen LogP contribution in [0.5, 0.6) is 0 Å². The van der Waals surface area contributed by atoms with Crippen molar-refractivity contribution in [3.05, 3.63) is 54.0 Å². The number of carbonyl (C=O) groups excluding carboxylic acids is 1. The molecule has 27 heavy (non-hydrogen) atoms. The number of amides is 1. The number of aromatic nitrogens is 1. The number of nitrogens with two attached hydrogens (primary N) is 1. The van der Waals surface area contributed by atoms with Gasteiger partial charge in [-0.15, -0.1) is 0 Å². The van der Waals surface area contributed by atoms with Gasteiger partial charge in [0.1, 0.15) is 18.0 Å². The summed E-state index contributed by atoms with van der Waals surface area (Å²) in [7, 11) is 0. The van der Waals surface area contributed by atoms with Crippen LogP contribution in [0.25, 0.3) is 11.1 Å². The van der Waals surface area contributed by atoms with E-state index < -0.39 is 12.2 Å². The number of allylic oxidation sites excluding steroid dienone is 1. The smallest absolute Gasteiger partial charge is 0.415 e. The molecule has 0 saturated carbocycles. The standard InChI is InChI=1S/C19H19N5O3/c1-11(8-22-20)23-18-5-3-13(9-21-18)12-2-4-15-14(6-12)7-16-17(10-25)27-19(26)24(15)16/h2-6,8-9,16-17,20,25H,7,10H2,1H3,(H,21,23)/p+1/b11-8-,22-20?/t16-,17-/m0/s1. The third kappa shape index (κ3) is 3.09. The molecule has 138 valence electrons. The molecule has 1 aromatic carbocycles. The predicted molar refractivity (Wildman–Crippen MR) is 97.5 cm³/mol. The van der Waals surface area contributed by atoms with Gasteiger partial charge in [0.25, 0.3) is 0 Å². The first-order valence-corrected chi connectivity index (χ1v) is 8.69. The van der Waals surface area contributed by atoms with E-state index in [1.807, 2.05) is 36.5 Å². The van der Waals surface area contributed by atoms with Gasteiger partial charge in [0, 0.05) is 24.8 Å². The minimum absolute atomic E-state index is 0.139. The maximum atomic E-state index is 12.1. The number of nitrogens with zero attached hydrogens (tertiary/aromatic N) is 3. The molecule has 8 nitrogen and oxygen atoms in total. The van der Waals surface area contributed by atoms with E-state index in [1.54, 1.807) is 11.1 Å². The van der Waals surface area contributed by atoms with Gasteiger partial charge >= 0.3 is 6.09 Å². The summed E-state index contributed by atoms with van der Waals surface area (Å²) in [5, 5.41) is 14.5. The van der Waals surface area contributed by atoms with E-state index >= 15 is 0 Å². The summed E-state index contributed by atoms with van der Waals surface area (Å²) < 4.78 is 5.21. The molecule has 0 radical (unpaired) electrons. The van der Waals surface area contributed by atoms with Crippen molar-refractivity contribution in [2.75, 3.05) is 11.5 Å². The summed E-state index contributed by atoms with van der Waals surface area (Å²) in [5.74, 6) is 0.798. The molecule has 3 heterocycles. The highest BCUT2D eigenvalue weighted by Crippen LogP contribution is 2.40. The van der Waals surface area contributed by atoms with E-state index in [0.29, 0.717) is 6.42 Å². The molecule has 2 aliphatic heterocycles. The fourth-order valence-corrected chi connectivity index (χ4v) is 3.65. The highest BCUT2D eigenvalue weighted by molar-refractivity contribution is 5.94. The minimum Gasteiger partial charge on any atom is -0.441 e. The summed E-state index contributed by atoms with van der Waals surface area (Å²) in [4.78, 5) is 18.2. The van der Waals surface area contributed by atoms with Gasteiger partial charge in [-0.2, -0.15) is 5.11 Å². The first kappa shape index (κ1) is 17.3. The van der Waals surface area contributed by atoms with Crippen LogP contribution in [0.15, 0.2) is 53.5 Å². The minimum atomic E-state index is -0.475. The second kappa shape index (κ2) is 6.90. The van der Waals surface area contributed by atoms with Crippen LogP contribution in [0.3, 0.4) is 0 Å². The molecule has 1 saturated heterocycles. The zero-order valence-corrected chi connectivity index (χ0v) is 14.8. The Labute approximate surface area is 156 Å². The van der Waals surface area contributed by atoms with Crippen LogP contribution in [-0.2, 0) is 11.2 Å². The molecule has 0 bridgehead atoms. The Morgan fingerprint density at radius 2 is 2.26 bits per heavy atom. The first-order chi connectivity index (χ1) is 13.1.